The van der Waals surface area contributed by atoms with Crippen LogP contribution in [0.1, 0.15) is 61.0 Å². The van der Waals surface area contributed by atoms with Gasteiger partial charge in [-0.05, 0) is 50.4 Å². The maximum Gasteiger partial charge on any atom is 0.273 e. The monoisotopic (exact) mass is 401 g/mol. The van der Waals surface area contributed by atoms with Crippen LogP contribution in [0, 0.1) is 0 Å². The first-order valence-electron chi connectivity index (χ1n) is 10.3. The molecule has 0 spiro atoms. The predicted octanol–water partition coefficient (Wildman–Crippen LogP) is 3.51. The molecule has 28 heavy (non-hydrogen) atoms. The van der Waals surface area contributed by atoms with Crippen molar-refractivity contribution >= 4 is 17.5 Å². The molecule has 0 unspecified atom stereocenters. The molecular weight excluding hydrogens is 374 g/mol. The Hall–Kier alpha value is -1.92. The Balaban J connectivity index is 1.38. The highest BCUT2D eigenvalue weighted by molar-refractivity contribution is 6.31. The van der Waals surface area contributed by atoms with Gasteiger partial charge in [-0.1, -0.05) is 54.3 Å². The number of nitrogens with zero attached hydrogens (tertiary/aromatic N) is 4. The Morgan fingerprint density at radius 2 is 1.86 bits per heavy atom. The number of carbonyl (C=O) groups excluding carboxylic acids is 1. The number of benzene rings is 1. The Morgan fingerprint density at radius 1 is 1.11 bits per heavy atom. The standard InChI is InChI=1S/C21H28ClN5O/c22-18-9-3-2-8-17(18)14-27-15-19(24-25-27)20(28)23-16-21(10-4-5-11-21)26-12-6-1-7-13-26/h2-3,8-9,15H,1,4-7,10-14,16H2,(H,23,28). The van der Waals surface area contributed by atoms with Gasteiger partial charge in [-0.15, -0.1) is 5.10 Å². The fourth-order valence-electron chi connectivity index (χ4n) is 4.62. The number of nitrogens with one attached hydrogen (secondary N) is 1. The highest BCUT2D eigenvalue weighted by Crippen LogP contribution is 2.36. The van der Waals surface area contributed by atoms with Crippen LogP contribution in [0.2, 0.25) is 5.02 Å². The fraction of sp³-hybridized carbons (Fsp3) is 0.571. The minimum Gasteiger partial charge on any atom is -0.349 e. The summed E-state index contributed by atoms with van der Waals surface area (Å²) in [6.07, 6.45) is 10.4. The largest absolute Gasteiger partial charge is 0.349 e. The molecular formula is C21H28ClN5O. The molecule has 0 atom stereocenters. The quantitative estimate of drug-likeness (QED) is 0.804. The molecule has 2 aliphatic rings. The van der Waals surface area contributed by atoms with Crippen molar-refractivity contribution in [3.8, 4) is 0 Å². The van der Waals surface area contributed by atoms with E-state index in [1.54, 1.807) is 10.9 Å². The summed E-state index contributed by atoms with van der Waals surface area (Å²) in [6.45, 7) is 3.51. The second kappa shape index (κ2) is 8.62. The van der Waals surface area contributed by atoms with Crippen LogP contribution in [0.5, 0.6) is 0 Å². The van der Waals surface area contributed by atoms with E-state index in [0.717, 1.165) is 18.7 Å². The zero-order valence-electron chi connectivity index (χ0n) is 16.2. The number of amides is 1. The lowest BCUT2D eigenvalue weighted by atomic mass is 9.92. The van der Waals surface area contributed by atoms with Crippen molar-refractivity contribution in [1.29, 1.82) is 0 Å². The summed E-state index contributed by atoms with van der Waals surface area (Å²) in [7, 11) is 0. The molecule has 2 fully saturated rings. The summed E-state index contributed by atoms with van der Waals surface area (Å²) in [6, 6.07) is 7.63. The average molecular weight is 402 g/mol. The summed E-state index contributed by atoms with van der Waals surface area (Å²) >= 11 is 6.21. The van der Waals surface area contributed by atoms with Gasteiger partial charge >= 0.3 is 0 Å². The topological polar surface area (TPSA) is 63.1 Å². The summed E-state index contributed by atoms with van der Waals surface area (Å²) < 4.78 is 1.66. The average Bonchev–Trinajstić information content (AvgIpc) is 3.39. The zero-order chi connectivity index (χ0) is 19.4. The maximum absolute atomic E-state index is 12.7. The van der Waals surface area contributed by atoms with Gasteiger partial charge in [-0.25, -0.2) is 4.68 Å². The third kappa shape index (κ3) is 4.23. The van der Waals surface area contributed by atoms with E-state index >= 15 is 0 Å². The van der Waals surface area contributed by atoms with Crippen LogP contribution in [-0.2, 0) is 6.54 Å². The number of likely N-dealkylation sites (tertiary alicyclic amines) is 1. The number of hydrogen-bond donors (Lipinski definition) is 1. The number of hydrogen-bond acceptors (Lipinski definition) is 4. The van der Waals surface area contributed by atoms with Crippen molar-refractivity contribution in [2.75, 3.05) is 19.6 Å². The molecule has 1 aromatic heterocycles. The number of piperidine rings is 1. The molecule has 1 amide bonds. The normalized spacial score (nSPS) is 19.6. The summed E-state index contributed by atoms with van der Waals surface area (Å²) in [5.41, 5.74) is 1.44. The molecule has 1 aliphatic carbocycles. The molecule has 2 heterocycles. The van der Waals surface area contributed by atoms with E-state index in [9.17, 15) is 4.79 Å². The minimum atomic E-state index is -0.145. The molecule has 1 saturated carbocycles. The van der Waals surface area contributed by atoms with Crippen molar-refractivity contribution in [2.24, 2.45) is 0 Å². The van der Waals surface area contributed by atoms with Gasteiger partial charge in [0.1, 0.15) is 0 Å². The second-order valence-corrected chi connectivity index (χ2v) is 8.46. The summed E-state index contributed by atoms with van der Waals surface area (Å²) in [4.78, 5) is 15.3. The lowest BCUT2D eigenvalue weighted by molar-refractivity contribution is 0.0641. The minimum absolute atomic E-state index is 0.129. The highest BCUT2D eigenvalue weighted by Gasteiger charge is 2.40. The number of rotatable bonds is 6. The molecule has 1 aromatic carbocycles. The highest BCUT2D eigenvalue weighted by atomic mass is 35.5. The molecule has 1 N–H and O–H groups in total. The summed E-state index contributed by atoms with van der Waals surface area (Å²) in [5.74, 6) is -0.145. The lowest BCUT2D eigenvalue weighted by Gasteiger charge is -2.43. The first-order valence-corrected chi connectivity index (χ1v) is 10.7. The maximum atomic E-state index is 12.7. The SMILES string of the molecule is O=C(NCC1(N2CCCCC2)CCCC1)c1cn(Cc2ccccc2Cl)nn1. The van der Waals surface area contributed by atoms with E-state index in [0.29, 0.717) is 23.8 Å². The smallest absolute Gasteiger partial charge is 0.273 e. The van der Waals surface area contributed by atoms with E-state index in [4.69, 9.17) is 11.6 Å². The molecule has 0 bridgehead atoms. The Morgan fingerprint density at radius 3 is 2.61 bits per heavy atom. The van der Waals surface area contributed by atoms with E-state index in [-0.39, 0.29) is 11.4 Å². The molecule has 1 aliphatic heterocycles. The zero-order valence-corrected chi connectivity index (χ0v) is 17.0. The first kappa shape index (κ1) is 19.4. The third-order valence-electron chi connectivity index (χ3n) is 6.20. The Kier molecular flexibility index (Phi) is 5.97. The van der Waals surface area contributed by atoms with Gasteiger partial charge in [-0.2, -0.15) is 0 Å². The molecule has 2 aromatic rings. The Bertz CT molecular complexity index is 809. The van der Waals surface area contributed by atoms with Crippen LogP contribution in [0.4, 0.5) is 0 Å². The first-order chi connectivity index (χ1) is 13.7. The van der Waals surface area contributed by atoms with Crippen LogP contribution < -0.4 is 5.32 Å². The van der Waals surface area contributed by atoms with Crippen LogP contribution in [0.25, 0.3) is 0 Å². The van der Waals surface area contributed by atoms with Crippen LogP contribution in [0.15, 0.2) is 30.5 Å². The van der Waals surface area contributed by atoms with Crippen LogP contribution in [-0.4, -0.2) is 51.0 Å². The lowest BCUT2D eigenvalue weighted by Crippen LogP contribution is -2.55. The van der Waals surface area contributed by atoms with Crippen molar-refractivity contribution < 1.29 is 4.79 Å². The van der Waals surface area contributed by atoms with E-state index in [2.05, 4.69) is 20.5 Å². The Labute approximate surface area is 171 Å². The van der Waals surface area contributed by atoms with Gasteiger partial charge in [0.25, 0.3) is 5.91 Å². The van der Waals surface area contributed by atoms with Crippen molar-refractivity contribution in [2.45, 2.75) is 57.0 Å². The van der Waals surface area contributed by atoms with Crippen LogP contribution in [0.3, 0.4) is 0 Å². The molecule has 6 nitrogen and oxygen atoms in total. The molecule has 150 valence electrons. The van der Waals surface area contributed by atoms with Gasteiger partial charge in [0.05, 0.1) is 12.7 Å². The number of carbonyl (C=O) groups is 1. The van der Waals surface area contributed by atoms with E-state index in [1.165, 1.54) is 44.9 Å². The van der Waals surface area contributed by atoms with Crippen LogP contribution >= 0.6 is 11.6 Å². The number of aromatic nitrogens is 3. The van der Waals surface area contributed by atoms with Gasteiger partial charge in [0.15, 0.2) is 5.69 Å². The predicted molar refractivity (Wildman–Crippen MR) is 110 cm³/mol. The van der Waals surface area contributed by atoms with E-state index in [1.807, 2.05) is 24.3 Å². The van der Waals surface area contributed by atoms with Gasteiger partial charge < -0.3 is 5.32 Å². The molecule has 1 saturated heterocycles. The van der Waals surface area contributed by atoms with Gasteiger partial charge in [0.2, 0.25) is 0 Å². The number of halogens is 1. The summed E-state index contributed by atoms with van der Waals surface area (Å²) in [5, 5.41) is 12.0. The fourth-order valence-corrected chi connectivity index (χ4v) is 4.82. The molecule has 4 rings (SSSR count). The van der Waals surface area contributed by atoms with Crippen molar-refractivity contribution in [3.63, 3.8) is 0 Å². The van der Waals surface area contributed by atoms with E-state index < -0.39 is 0 Å². The van der Waals surface area contributed by atoms with Gasteiger partial charge in [0, 0.05) is 17.1 Å². The van der Waals surface area contributed by atoms with Crippen molar-refractivity contribution in [3.05, 3.63) is 46.7 Å². The van der Waals surface area contributed by atoms with Crippen molar-refractivity contribution in [1.82, 2.24) is 25.2 Å². The molecule has 7 heteroatoms. The van der Waals surface area contributed by atoms with Gasteiger partial charge in [-0.3, -0.25) is 9.69 Å². The molecule has 0 radical (unpaired) electrons. The third-order valence-corrected chi connectivity index (χ3v) is 6.57. The second-order valence-electron chi connectivity index (χ2n) is 8.05.